The number of hydrogen-bond acceptors (Lipinski definition) is 6. The Bertz CT molecular complexity index is 1170. The molecule has 1 N–H and O–H groups in total. The van der Waals surface area contributed by atoms with E-state index in [1.165, 1.54) is 4.90 Å². The molecule has 7 nitrogen and oxygen atoms in total. The van der Waals surface area contributed by atoms with Gasteiger partial charge in [-0.1, -0.05) is 30.3 Å². The minimum Gasteiger partial charge on any atom is -0.493 e. The van der Waals surface area contributed by atoms with Crippen LogP contribution in [-0.4, -0.2) is 49.0 Å². The highest BCUT2D eigenvalue weighted by molar-refractivity contribution is 7.09. The van der Waals surface area contributed by atoms with Crippen LogP contribution >= 0.6 is 11.3 Å². The summed E-state index contributed by atoms with van der Waals surface area (Å²) < 4.78 is 10.7. The van der Waals surface area contributed by atoms with Gasteiger partial charge in [0.25, 0.3) is 0 Å². The Morgan fingerprint density at radius 2 is 1.91 bits per heavy atom. The van der Waals surface area contributed by atoms with Gasteiger partial charge in [-0.2, -0.15) is 0 Å². The number of amides is 2. The van der Waals surface area contributed by atoms with Crippen LogP contribution in [0.2, 0.25) is 0 Å². The molecule has 0 unspecified atom stereocenters. The molecule has 2 amide bonds. The molecule has 0 saturated carbocycles. The predicted octanol–water partition coefficient (Wildman–Crippen LogP) is 3.54. The van der Waals surface area contributed by atoms with Crippen molar-refractivity contribution in [3.63, 3.8) is 0 Å². The summed E-state index contributed by atoms with van der Waals surface area (Å²) in [5.74, 6) is 0.798. The van der Waals surface area contributed by atoms with Gasteiger partial charge in [0.2, 0.25) is 11.8 Å². The summed E-state index contributed by atoms with van der Waals surface area (Å²) in [6.45, 7) is 0.422. The van der Waals surface area contributed by atoms with Crippen LogP contribution < -0.4 is 14.8 Å². The smallest absolute Gasteiger partial charge is 0.240 e. The van der Waals surface area contributed by atoms with E-state index in [0.29, 0.717) is 24.5 Å². The van der Waals surface area contributed by atoms with Gasteiger partial charge < -0.3 is 19.7 Å². The Labute approximate surface area is 196 Å². The third-order valence-corrected chi connectivity index (χ3v) is 6.25. The fourth-order valence-corrected chi connectivity index (χ4v) is 4.40. The Balaban J connectivity index is 1.31. The third-order valence-electron chi connectivity index (χ3n) is 5.34. The van der Waals surface area contributed by atoms with Crippen LogP contribution in [-0.2, 0) is 22.4 Å². The van der Waals surface area contributed by atoms with Gasteiger partial charge in [-0.3, -0.25) is 9.59 Å². The molecule has 1 aliphatic rings. The second kappa shape index (κ2) is 10.3. The maximum Gasteiger partial charge on any atom is 0.240 e. The van der Waals surface area contributed by atoms with Crippen LogP contribution in [0.25, 0.3) is 17.3 Å². The van der Waals surface area contributed by atoms with Gasteiger partial charge in [0.15, 0.2) is 11.5 Å². The fraction of sp³-hybridized carbons (Fsp3) is 0.240. The van der Waals surface area contributed by atoms with Crippen molar-refractivity contribution < 1.29 is 19.1 Å². The van der Waals surface area contributed by atoms with E-state index < -0.39 is 0 Å². The maximum atomic E-state index is 12.7. The number of ether oxygens (including phenoxy) is 2. The lowest BCUT2D eigenvalue weighted by molar-refractivity contribution is -0.132. The second-order valence-electron chi connectivity index (χ2n) is 7.51. The molecule has 8 heteroatoms. The van der Waals surface area contributed by atoms with E-state index in [-0.39, 0.29) is 24.8 Å². The Hall–Kier alpha value is -3.65. The molecule has 3 aromatic rings. The number of fused-ring (bicyclic) bond motifs is 1. The van der Waals surface area contributed by atoms with Crippen LogP contribution in [0.1, 0.15) is 16.1 Å². The van der Waals surface area contributed by atoms with Crippen molar-refractivity contribution in [2.45, 2.75) is 12.8 Å². The molecule has 0 atom stereocenters. The number of nitrogens with one attached hydrogen (secondary N) is 1. The Morgan fingerprint density at radius 1 is 1.15 bits per heavy atom. The molecule has 0 bridgehead atoms. The lowest BCUT2D eigenvalue weighted by atomic mass is 10.0. The summed E-state index contributed by atoms with van der Waals surface area (Å²) in [4.78, 5) is 31.3. The fourth-order valence-electron chi connectivity index (χ4n) is 3.59. The van der Waals surface area contributed by atoms with Gasteiger partial charge in [0.05, 0.1) is 31.3 Å². The van der Waals surface area contributed by atoms with Crippen molar-refractivity contribution in [1.82, 2.24) is 15.2 Å². The zero-order valence-corrected chi connectivity index (χ0v) is 19.4. The van der Waals surface area contributed by atoms with Crippen molar-refractivity contribution >= 4 is 29.2 Å². The van der Waals surface area contributed by atoms with Gasteiger partial charge in [-0.05, 0) is 29.3 Å². The molecular formula is C25H25N3O4S. The molecule has 1 aromatic heterocycles. The van der Waals surface area contributed by atoms with Crippen LogP contribution in [0.15, 0.2) is 54.0 Å². The summed E-state index contributed by atoms with van der Waals surface area (Å²) in [6, 6.07) is 13.6. The molecule has 0 spiro atoms. The molecule has 170 valence electrons. The number of thiazole rings is 1. The van der Waals surface area contributed by atoms with Gasteiger partial charge in [0, 0.05) is 30.1 Å². The van der Waals surface area contributed by atoms with E-state index in [2.05, 4.69) is 10.3 Å². The molecule has 1 aliphatic heterocycles. The highest BCUT2D eigenvalue weighted by Crippen LogP contribution is 2.32. The molecule has 4 rings (SSSR count). The average Bonchev–Trinajstić information content (AvgIpc) is 3.25. The van der Waals surface area contributed by atoms with Gasteiger partial charge >= 0.3 is 0 Å². The molecule has 2 aromatic carbocycles. The summed E-state index contributed by atoms with van der Waals surface area (Å²) in [5.41, 5.74) is 3.71. The SMILES string of the molecule is COc1cc2c(cc1OC)CC(=O)N(CC(=O)NCCc1nc(-c3ccccc3)cs1)C=C2. The van der Waals surface area contributed by atoms with Crippen molar-refractivity contribution in [2.75, 3.05) is 27.3 Å². The van der Waals surface area contributed by atoms with Gasteiger partial charge in [-0.15, -0.1) is 11.3 Å². The van der Waals surface area contributed by atoms with E-state index in [4.69, 9.17) is 9.47 Å². The maximum absolute atomic E-state index is 12.7. The van der Waals surface area contributed by atoms with Crippen LogP contribution in [0.5, 0.6) is 11.5 Å². The highest BCUT2D eigenvalue weighted by atomic mass is 32.1. The average molecular weight is 464 g/mol. The monoisotopic (exact) mass is 463 g/mol. The molecule has 0 fully saturated rings. The second-order valence-corrected chi connectivity index (χ2v) is 8.46. The van der Waals surface area contributed by atoms with Crippen LogP contribution in [0.3, 0.4) is 0 Å². The number of carbonyl (C=O) groups is 2. The number of hydrogen-bond donors (Lipinski definition) is 1. The highest BCUT2D eigenvalue weighted by Gasteiger charge is 2.21. The van der Waals surface area contributed by atoms with Crippen molar-refractivity contribution in [1.29, 1.82) is 0 Å². The summed E-state index contributed by atoms with van der Waals surface area (Å²) in [7, 11) is 3.13. The van der Waals surface area contributed by atoms with Gasteiger partial charge in [-0.25, -0.2) is 4.98 Å². The first-order valence-electron chi connectivity index (χ1n) is 10.6. The quantitative estimate of drug-likeness (QED) is 0.553. The standard InChI is InChI=1S/C25H25N3O4S/c1-31-21-12-18-9-11-28(25(30)14-19(18)13-22(21)32-2)15-23(29)26-10-8-24-27-20(16-33-24)17-6-4-3-5-7-17/h3-7,9,11-13,16H,8,10,14-15H2,1-2H3,(H,26,29). The van der Waals surface area contributed by atoms with Gasteiger partial charge in [0.1, 0.15) is 6.54 Å². The Morgan fingerprint density at radius 3 is 2.67 bits per heavy atom. The molecule has 0 aliphatic carbocycles. The summed E-state index contributed by atoms with van der Waals surface area (Å²) in [6.07, 6.45) is 4.28. The van der Waals surface area contributed by atoms with E-state index in [1.54, 1.807) is 37.8 Å². The minimum absolute atomic E-state index is 0.0370. The van der Waals surface area contributed by atoms with E-state index in [1.807, 2.05) is 47.9 Å². The molecular weight excluding hydrogens is 438 g/mol. The summed E-state index contributed by atoms with van der Waals surface area (Å²) in [5, 5.41) is 5.87. The van der Waals surface area contributed by atoms with E-state index in [0.717, 1.165) is 27.4 Å². The zero-order chi connectivity index (χ0) is 23.2. The number of rotatable bonds is 8. The normalized spacial score (nSPS) is 12.8. The van der Waals surface area contributed by atoms with E-state index in [9.17, 15) is 9.59 Å². The van der Waals surface area contributed by atoms with Crippen molar-refractivity contribution in [3.05, 3.63) is 70.2 Å². The number of aromatic nitrogens is 1. The topological polar surface area (TPSA) is 80.8 Å². The molecule has 0 radical (unpaired) electrons. The molecule has 33 heavy (non-hydrogen) atoms. The summed E-state index contributed by atoms with van der Waals surface area (Å²) >= 11 is 1.58. The number of methoxy groups -OCH3 is 2. The first-order chi connectivity index (χ1) is 16.1. The van der Waals surface area contributed by atoms with Crippen LogP contribution in [0.4, 0.5) is 0 Å². The predicted molar refractivity (Wildman–Crippen MR) is 128 cm³/mol. The molecule has 0 saturated heterocycles. The number of carbonyl (C=O) groups excluding carboxylic acids is 2. The lowest BCUT2D eigenvalue weighted by Crippen LogP contribution is -2.38. The zero-order valence-electron chi connectivity index (χ0n) is 18.5. The minimum atomic E-state index is -0.214. The first kappa shape index (κ1) is 22.5. The largest absolute Gasteiger partial charge is 0.493 e. The van der Waals surface area contributed by atoms with Crippen molar-refractivity contribution in [3.8, 4) is 22.8 Å². The van der Waals surface area contributed by atoms with E-state index >= 15 is 0 Å². The Kier molecular flexibility index (Phi) is 7.04. The van der Waals surface area contributed by atoms with Crippen molar-refractivity contribution in [2.24, 2.45) is 0 Å². The van der Waals surface area contributed by atoms with Crippen LogP contribution in [0, 0.1) is 0 Å². The number of nitrogens with zero attached hydrogens (tertiary/aromatic N) is 2. The number of benzene rings is 2. The lowest BCUT2D eigenvalue weighted by Gasteiger charge is -2.16. The third kappa shape index (κ3) is 5.40. The molecule has 2 heterocycles. The first-order valence-corrected chi connectivity index (χ1v) is 11.4.